The summed E-state index contributed by atoms with van der Waals surface area (Å²) in [7, 11) is 0. The standard InChI is InChI=1S/C21H29N3O/c1-4-10-24-15-20(18(3)22-24)14-23(16-21-9-6-11-25-21)13-19-8-5-7-17(2)12-19/h4-5,7-8,12,15,21H,1,6,9-11,13-14,16H2,2-3H3/t21-/m1/s1. The molecule has 1 fully saturated rings. The zero-order chi connectivity index (χ0) is 17.6. The third kappa shape index (κ3) is 5.03. The van der Waals surface area contributed by atoms with Gasteiger partial charge in [0.25, 0.3) is 0 Å². The van der Waals surface area contributed by atoms with Crippen molar-refractivity contribution in [3.63, 3.8) is 0 Å². The second kappa shape index (κ2) is 8.45. The molecule has 1 atom stereocenters. The summed E-state index contributed by atoms with van der Waals surface area (Å²) in [6.45, 7) is 12.5. The number of hydrogen-bond acceptors (Lipinski definition) is 3. The smallest absolute Gasteiger partial charge is 0.0703 e. The Labute approximate surface area is 151 Å². The SMILES string of the molecule is C=CCn1cc(CN(Cc2cccc(C)c2)C[C@H]2CCCO2)c(C)n1. The molecule has 0 saturated carbocycles. The molecule has 4 heteroatoms. The summed E-state index contributed by atoms with van der Waals surface area (Å²) in [5.41, 5.74) is 5.05. The molecular formula is C21H29N3O. The van der Waals surface area contributed by atoms with E-state index in [1.54, 1.807) is 0 Å². The lowest BCUT2D eigenvalue weighted by Gasteiger charge is -2.25. The van der Waals surface area contributed by atoms with Crippen LogP contribution in [0.1, 0.15) is 35.2 Å². The molecule has 0 amide bonds. The average Bonchev–Trinajstić information content (AvgIpc) is 3.18. The molecule has 1 aliphatic rings. The molecule has 1 aromatic carbocycles. The van der Waals surface area contributed by atoms with Crippen molar-refractivity contribution in [2.24, 2.45) is 0 Å². The molecule has 2 aromatic rings. The van der Waals surface area contributed by atoms with Crippen molar-refractivity contribution in [2.75, 3.05) is 13.2 Å². The highest BCUT2D eigenvalue weighted by molar-refractivity contribution is 5.22. The molecule has 0 radical (unpaired) electrons. The average molecular weight is 339 g/mol. The van der Waals surface area contributed by atoms with E-state index in [0.717, 1.165) is 38.5 Å². The molecule has 1 aromatic heterocycles. The molecular weight excluding hydrogens is 310 g/mol. The van der Waals surface area contributed by atoms with Crippen LogP contribution in [-0.2, 0) is 24.4 Å². The molecule has 25 heavy (non-hydrogen) atoms. The van der Waals surface area contributed by atoms with E-state index in [0.29, 0.717) is 6.10 Å². The highest BCUT2D eigenvalue weighted by Gasteiger charge is 2.20. The summed E-state index contributed by atoms with van der Waals surface area (Å²) in [5.74, 6) is 0. The lowest BCUT2D eigenvalue weighted by Crippen LogP contribution is -2.31. The van der Waals surface area contributed by atoms with Crippen LogP contribution in [0.4, 0.5) is 0 Å². The van der Waals surface area contributed by atoms with Crippen molar-refractivity contribution in [1.29, 1.82) is 0 Å². The van der Waals surface area contributed by atoms with Crippen LogP contribution >= 0.6 is 0 Å². The zero-order valence-electron chi connectivity index (χ0n) is 15.4. The van der Waals surface area contributed by atoms with Gasteiger partial charge in [0.15, 0.2) is 0 Å². The topological polar surface area (TPSA) is 30.3 Å². The number of aromatic nitrogens is 2. The number of benzene rings is 1. The van der Waals surface area contributed by atoms with Gasteiger partial charge in [0.05, 0.1) is 18.3 Å². The predicted octanol–water partition coefficient (Wildman–Crippen LogP) is 3.87. The molecule has 1 saturated heterocycles. The molecule has 1 aliphatic heterocycles. The van der Waals surface area contributed by atoms with Crippen LogP contribution in [-0.4, -0.2) is 33.9 Å². The van der Waals surface area contributed by atoms with Gasteiger partial charge in [-0.15, -0.1) is 6.58 Å². The number of aryl methyl sites for hydroxylation is 2. The molecule has 3 rings (SSSR count). The maximum Gasteiger partial charge on any atom is 0.0703 e. The highest BCUT2D eigenvalue weighted by Crippen LogP contribution is 2.19. The number of ether oxygens (including phenoxy) is 1. The van der Waals surface area contributed by atoms with E-state index in [9.17, 15) is 0 Å². The summed E-state index contributed by atoms with van der Waals surface area (Å²) >= 11 is 0. The molecule has 4 nitrogen and oxygen atoms in total. The van der Waals surface area contributed by atoms with E-state index in [4.69, 9.17) is 4.74 Å². The van der Waals surface area contributed by atoms with Gasteiger partial charge in [-0.1, -0.05) is 35.9 Å². The minimum Gasteiger partial charge on any atom is -0.377 e. The van der Waals surface area contributed by atoms with Gasteiger partial charge < -0.3 is 4.74 Å². The molecule has 134 valence electrons. The molecule has 0 aliphatic carbocycles. The fourth-order valence-corrected chi connectivity index (χ4v) is 3.51. The number of allylic oxidation sites excluding steroid dienone is 1. The van der Waals surface area contributed by atoms with E-state index in [1.807, 2.05) is 10.8 Å². The van der Waals surface area contributed by atoms with Crippen LogP contribution in [0.15, 0.2) is 43.1 Å². The highest BCUT2D eigenvalue weighted by atomic mass is 16.5. The largest absolute Gasteiger partial charge is 0.377 e. The van der Waals surface area contributed by atoms with E-state index in [2.05, 4.69) is 60.9 Å². The Hall–Kier alpha value is -1.91. The van der Waals surface area contributed by atoms with Crippen LogP contribution in [0.25, 0.3) is 0 Å². The van der Waals surface area contributed by atoms with Crippen molar-refractivity contribution in [2.45, 2.75) is 52.4 Å². The first kappa shape index (κ1) is 17.9. The Morgan fingerprint density at radius 2 is 2.24 bits per heavy atom. The summed E-state index contributed by atoms with van der Waals surface area (Å²) in [4.78, 5) is 2.49. The van der Waals surface area contributed by atoms with E-state index >= 15 is 0 Å². The van der Waals surface area contributed by atoms with E-state index < -0.39 is 0 Å². The van der Waals surface area contributed by atoms with Gasteiger partial charge in [0, 0.05) is 38.0 Å². The van der Waals surface area contributed by atoms with Gasteiger partial charge in [-0.05, 0) is 32.3 Å². The van der Waals surface area contributed by atoms with Crippen LogP contribution in [0.2, 0.25) is 0 Å². The van der Waals surface area contributed by atoms with Crippen LogP contribution < -0.4 is 0 Å². The minimum atomic E-state index is 0.355. The second-order valence-corrected chi connectivity index (χ2v) is 7.04. The van der Waals surface area contributed by atoms with Gasteiger partial charge >= 0.3 is 0 Å². The van der Waals surface area contributed by atoms with E-state index in [-0.39, 0.29) is 0 Å². The van der Waals surface area contributed by atoms with Crippen LogP contribution in [0, 0.1) is 13.8 Å². The van der Waals surface area contributed by atoms with Crippen molar-refractivity contribution in [3.8, 4) is 0 Å². The Morgan fingerprint density at radius 3 is 2.96 bits per heavy atom. The number of nitrogens with zero attached hydrogens (tertiary/aromatic N) is 3. The first-order chi connectivity index (χ1) is 12.1. The van der Waals surface area contributed by atoms with Crippen LogP contribution in [0.5, 0.6) is 0 Å². The third-order valence-electron chi connectivity index (χ3n) is 4.73. The zero-order valence-corrected chi connectivity index (χ0v) is 15.4. The Bertz CT molecular complexity index is 701. The van der Waals surface area contributed by atoms with Crippen molar-refractivity contribution < 1.29 is 4.74 Å². The lowest BCUT2D eigenvalue weighted by molar-refractivity contribution is 0.0678. The minimum absolute atomic E-state index is 0.355. The second-order valence-electron chi connectivity index (χ2n) is 7.04. The first-order valence-electron chi connectivity index (χ1n) is 9.17. The fraction of sp³-hybridized carbons (Fsp3) is 0.476. The Morgan fingerprint density at radius 1 is 1.36 bits per heavy atom. The number of hydrogen-bond donors (Lipinski definition) is 0. The molecule has 0 spiro atoms. The molecule has 0 N–H and O–H groups in total. The summed E-state index contributed by atoms with van der Waals surface area (Å²) < 4.78 is 7.85. The van der Waals surface area contributed by atoms with Gasteiger partial charge in [0.2, 0.25) is 0 Å². The normalized spacial score (nSPS) is 17.3. The Kier molecular flexibility index (Phi) is 6.05. The summed E-state index contributed by atoms with van der Waals surface area (Å²) in [6, 6.07) is 8.78. The third-order valence-corrected chi connectivity index (χ3v) is 4.73. The van der Waals surface area contributed by atoms with Crippen molar-refractivity contribution in [3.05, 3.63) is 65.5 Å². The lowest BCUT2D eigenvalue weighted by atomic mass is 10.1. The Balaban J connectivity index is 1.74. The fourth-order valence-electron chi connectivity index (χ4n) is 3.51. The van der Waals surface area contributed by atoms with Crippen molar-refractivity contribution in [1.82, 2.24) is 14.7 Å². The monoisotopic (exact) mass is 339 g/mol. The van der Waals surface area contributed by atoms with Gasteiger partial charge in [-0.3, -0.25) is 9.58 Å². The molecule has 0 unspecified atom stereocenters. The van der Waals surface area contributed by atoms with Crippen LogP contribution in [0.3, 0.4) is 0 Å². The van der Waals surface area contributed by atoms with Crippen molar-refractivity contribution >= 4 is 0 Å². The maximum atomic E-state index is 5.88. The summed E-state index contributed by atoms with van der Waals surface area (Å²) in [6.07, 6.45) is 6.73. The van der Waals surface area contributed by atoms with E-state index in [1.165, 1.54) is 29.5 Å². The first-order valence-corrected chi connectivity index (χ1v) is 9.17. The maximum absolute atomic E-state index is 5.88. The van der Waals surface area contributed by atoms with Gasteiger partial charge in [-0.25, -0.2) is 0 Å². The quantitative estimate of drug-likeness (QED) is 0.684. The van der Waals surface area contributed by atoms with Gasteiger partial charge in [-0.2, -0.15) is 5.10 Å². The molecule has 0 bridgehead atoms. The summed E-state index contributed by atoms with van der Waals surface area (Å²) in [5, 5.41) is 4.59. The predicted molar refractivity (Wildman–Crippen MR) is 101 cm³/mol. The molecule has 2 heterocycles. The van der Waals surface area contributed by atoms with Gasteiger partial charge in [0.1, 0.15) is 0 Å². The number of rotatable bonds is 8.